The summed E-state index contributed by atoms with van der Waals surface area (Å²) in [6.07, 6.45) is 0.610. The lowest BCUT2D eigenvalue weighted by Gasteiger charge is -2.19. The lowest BCUT2D eigenvalue weighted by atomic mass is 9.89. The van der Waals surface area contributed by atoms with Gasteiger partial charge in [0.05, 0.1) is 5.92 Å². The Morgan fingerprint density at radius 2 is 1.60 bits per heavy atom. The molecule has 0 aliphatic rings. The molecule has 0 aliphatic heterocycles. The van der Waals surface area contributed by atoms with Gasteiger partial charge in [-0.3, -0.25) is 9.69 Å². The maximum atomic E-state index is 11.2. The van der Waals surface area contributed by atoms with Gasteiger partial charge in [0.2, 0.25) is 0 Å². The standard InChI is InChI=1S/C17H27NO2/c1-5-18(6-2)12-15-9-7-14(8-10-15)11-16(13(3)4)17(19)20/h7-10,13,16H,5-6,11-12H2,1-4H3,(H,19,20). The van der Waals surface area contributed by atoms with Gasteiger partial charge >= 0.3 is 5.97 Å². The number of hydrogen-bond donors (Lipinski definition) is 1. The number of carbonyl (C=O) groups is 1. The molecule has 3 nitrogen and oxygen atoms in total. The van der Waals surface area contributed by atoms with Gasteiger partial charge in [-0.15, -0.1) is 0 Å². The average molecular weight is 277 g/mol. The quantitative estimate of drug-likeness (QED) is 0.791. The summed E-state index contributed by atoms with van der Waals surface area (Å²) in [5.41, 5.74) is 2.39. The lowest BCUT2D eigenvalue weighted by Crippen LogP contribution is -2.23. The van der Waals surface area contributed by atoms with E-state index in [1.165, 1.54) is 5.56 Å². The van der Waals surface area contributed by atoms with Crippen molar-refractivity contribution in [2.75, 3.05) is 13.1 Å². The van der Waals surface area contributed by atoms with Crippen LogP contribution in [0.4, 0.5) is 0 Å². The van der Waals surface area contributed by atoms with Gasteiger partial charge < -0.3 is 5.11 Å². The van der Waals surface area contributed by atoms with Crippen LogP contribution in [-0.4, -0.2) is 29.1 Å². The van der Waals surface area contributed by atoms with Crippen molar-refractivity contribution in [3.8, 4) is 0 Å². The van der Waals surface area contributed by atoms with E-state index in [-0.39, 0.29) is 11.8 Å². The Bertz CT molecular complexity index is 408. The topological polar surface area (TPSA) is 40.5 Å². The van der Waals surface area contributed by atoms with Crippen molar-refractivity contribution < 1.29 is 9.90 Å². The van der Waals surface area contributed by atoms with E-state index in [9.17, 15) is 9.90 Å². The van der Waals surface area contributed by atoms with Crippen LogP contribution in [0.2, 0.25) is 0 Å². The summed E-state index contributed by atoms with van der Waals surface area (Å²) >= 11 is 0. The highest BCUT2D eigenvalue weighted by atomic mass is 16.4. The molecule has 0 amide bonds. The number of aliphatic carboxylic acids is 1. The Balaban J connectivity index is 2.68. The molecule has 1 atom stereocenters. The van der Waals surface area contributed by atoms with Crippen LogP contribution >= 0.6 is 0 Å². The first-order valence-corrected chi connectivity index (χ1v) is 7.50. The molecular weight excluding hydrogens is 250 g/mol. The second kappa shape index (κ2) is 8.05. The van der Waals surface area contributed by atoms with Crippen LogP contribution in [-0.2, 0) is 17.8 Å². The molecule has 112 valence electrons. The minimum absolute atomic E-state index is 0.155. The first-order chi connectivity index (χ1) is 9.47. The van der Waals surface area contributed by atoms with Gasteiger partial charge in [0.15, 0.2) is 0 Å². The van der Waals surface area contributed by atoms with E-state index in [1.54, 1.807) is 0 Å². The van der Waals surface area contributed by atoms with E-state index in [1.807, 2.05) is 13.8 Å². The van der Waals surface area contributed by atoms with Crippen molar-refractivity contribution in [3.05, 3.63) is 35.4 Å². The van der Waals surface area contributed by atoms with E-state index in [0.29, 0.717) is 6.42 Å². The molecule has 3 heteroatoms. The van der Waals surface area contributed by atoms with E-state index in [2.05, 4.69) is 43.0 Å². The van der Waals surface area contributed by atoms with Crippen molar-refractivity contribution in [1.29, 1.82) is 0 Å². The Morgan fingerprint density at radius 3 is 2.00 bits per heavy atom. The van der Waals surface area contributed by atoms with Crippen LogP contribution < -0.4 is 0 Å². The van der Waals surface area contributed by atoms with Gasteiger partial charge in [0.1, 0.15) is 0 Å². The second-order valence-electron chi connectivity index (χ2n) is 5.67. The monoisotopic (exact) mass is 277 g/mol. The molecule has 0 saturated carbocycles. The zero-order valence-corrected chi connectivity index (χ0v) is 13.1. The molecule has 1 aromatic rings. The molecule has 0 saturated heterocycles. The van der Waals surface area contributed by atoms with Crippen LogP contribution in [0.15, 0.2) is 24.3 Å². The molecule has 1 N–H and O–H groups in total. The third-order valence-electron chi connectivity index (χ3n) is 3.90. The van der Waals surface area contributed by atoms with Crippen LogP contribution in [0, 0.1) is 11.8 Å². The smallest absolute Gasteiger partial charge is 0.307 e. The minimum atomic E-state index is -0.702. The fraction of sp³-hybridized carbons (Fsp3) is 0.588. The number of carboxylic acids is 1. The fourth-order valence-electron chi connectivity index (χ4n) is 2.35. The van der Waals surface area contributed by atoms with Gasteiger partial charge in [-0.1, -0.05) is 52.0 Å². The zero-order chi connectivity index (χ0) is 15.1. The maximum absolute atomic E-state index is 11.2. The normalized spacial score (nSPS) is 12.9. The summed E-state index contributed by atoms with van der Waals surface area (Å²) in [6, 6.07) is 8.37. The minimum Gasteiger partial charge on any atom is -0.481 e. The van der Waals surface area contributed by atoms with Gasteiger partial charge in [-0.2, -0.15) is 0 Å². The van der Waals surface area contributed by atoms with Gasteiger partial charge in [-0.25, -0.2) is 0 Å². The Kier molecular flexibility index (Phi) is 6.73. The van der Waals surface area contributed by atoms with Crippen molar-refractivity contribution in [1.82, 2.24) is 4.90 Å². The van der Waals surface area contributed by atoms with Crippen molar-refractivity contribution in [2.24, 2.45) is 11.8 Å². The number of carboxylic acid groups (broad SMARTS) is 1. The van der Waals surface area contributed by atoms with Crippen molar-refractivity contribution in [3.63, 3.8) is 0 Å². The van der Waals surface area contributed by atoms with Gasteiger partial charge in [-0.05, 0) is 36.6 Å². The average Bonchev–Trinajstić information content (AvgIpc) is 2.42. The molecule has 1 unspecified atom stereocenters. The number of nitrogens with zero attached hydrogens (tertiary/aromatic N) is 1. The zero-order valence-electron chi connectivity index (χ0n) is 13.1. The largest absolute Gasteiger partial charge is 0.481 e. The first-order valence-electron chi connectivity index (χ1n) is 7.50. The van der Waals surface area contributed by atoms with E-state index < -0.39 is 5.97 Å². The molecule has 0 heterocycles. The van der Waals surface area contributed by atoms with Crippen molar-refractivity contribution >= 4 is 5.97 Å². The number of rotatable bonds is 8. The van der Waals surface area contributed by atoms with E-state index in [0.717, 1.165) is 25.2 Å². The van der Waals surface area contributed by atoms with Crippen LogP contribution in [0.1, 0.15) is 38.8 Å². The van der Waals surface area contributed by atoms with Crippen molar-refractivity contribution in [2.45, 2.75) is 40.7 Å². The maximum Gasteiger partial charge on any atom is 0.307 e. The van der Waals surface area contributed by atoms with E-state index >= 15 is 0 Å². The molecule has 0 radical (unpaired) electrons. The highest BCUT2D eigenvalue weighted by molar-refractivity contribution is 5.70. The molecular formula is C17H27NO2. The summed E-state index contributed by atoms with van der Waals surface area (Å²) in [6.45, 7) is 11.3. The molecule has 20 heavy (non-hydrogen) atoms. The summed E-state index contributed by atoms with van der Waals surface area (Å²) < 4.78 is 0. The Hall–Kier alpha value is -1.35. The van der Waals surface area contributed by atoms with Crippen LogP contribution in [0.25, 0.3) is 0 Å². The molecule has 0 aliphatic carbocycles. The molecule has 0 bridgehead atoms. The predicted octanol–water partition coefficient (Wildman–Crippen LogP) is 3.43. The highest BCUT2D eigenvalue weighted by Crippen LogP contribution is 2.18. The third kappa shape index (κ3) is 4.97. The predicted molar refractivity (Wildman–Crippen MR) is 82.7 cm³/mol. The number of hydrogen-bond acceptors (Lipinski definition) is 2. The summed E-state index contributed by atoms with van der Waals surface area (Å²) in [4.78, 5) is 13.6. The molecule has 1 aromatic carbocycles. The SMILES string of the molecule is CCN(CC)Cc1ccc(CC(C(=O)O)C(C)C)cc1. The summed E-state index contributed by atoms with van der Waals surface area (Å²) in [5, 5.41) is 9.24. The van der Waals surface area contributed by atoms with Gasteiger partial charge in [0, 0.05) is 6.54 Å². The Morgan fingerprint density at radius 1 is 1.10 bits per heavy atom. The summed E-state index contributed by atoms with van der Waals surface area (Å²) in [5.74, 6) is -0.848. The van der Waals surface area contributed by atoms with Crippen LogP contribution in [0.3, 0.4) is 0 Å². The highest BCUT2D eigenvalue weighted by Gasteiger charge is 2.21. The first kappa shape index (κ1) is 16.7. The lowest BCUT2D eigenvalue weighted by molar-refractivity contribution is -0.143. The third-order valence-corrected chi connectivity index (χ3v) is 3.90. The molecule has 0 spiro atoms. The fourth-order valence-corrected chi connectivity index (χ4v) is 2.35. The molecule has 1 rings (SSSR count). The molecule has 0 aromatic heterocycles. The van der Waals surface area contributed by atoms with E-state index in [4.69, 9.17) is 0 Å². The second-order valence-corrected chi connectivity index (χ2v) is 5.67. The molecule has 0 fully saturated rings. The number of benzene rings is 1. The summed E-state index contributed by atoms with van der Waals surface area (Å²) in [7, 11) is 0. The Labute approximate surface area is 122 Å². The van der Waals surface area contributed by atoms with Gasteiger partial charge in [0.25, 0.3) is 0 Å². The van der Waals surface area contributed by atoms with Crippen LogP contribution in [0.5, 0.6) is 0 Å².